The van der Waals surface area contributed by atoms with Crippen molar-refractivity contribution in [2.75, 3.05) is 6.54 Å². The van der Waals surface area contributed by atoms with Gasteiger partial charge in [0, 0.05) is 13.5 Å². The number of nitrogens with zero attached hydrogens (tertiary/aromatic N) is 1. The van der Waals surface area contributed by atoms with Gasteiger partial charge in [0.25, 0.3) is 5.91 Å². The first-order chi connectivity index (χ1) is 6.15. The molecule has 0 saturated carbocycles. The Morgan fingerprint density at radius 1 is 1.69 bits per heavy atom. The van der Waals surface area contributed by atoms with Crippen molar-refractivity contribution >= 4 is 5.91 Å². The third kappa shape index (κ3) is 2.18. The van der Waals surface area contributed by atoms with E-state index >= 15 is 0 Å². The first-order valence-electron chi connectivity index (χ1n) is 3.98. The summed E-state index contributed by atoms with van der Waals surface area (Å²) in [6, 6.07) is 0. The molecular weight excluding hydrogens is 168 g/mol. The predicted octanol–water partition coefficient (Wildman–Crippen LogP) is 1.21. The molecule has 1 heterocycles. The van der Waals surface area contributed by atoms with E-state index in [4.69, 9.17) is 4.42 Å². The maximum Gasteiger partial charge on any atom is 0.289 e. The van der Waals surface area contributed by atoms with E-state index in [0.29, 0.717) is 18.1 Å². The molecule has 0 aliphatic heterocycles. The molecule has 0 fully saturated rings. The quantitative estimate of drug-likeness (QED) is 0.711. The Balaban J connectivity index is 2.76. The molecule has 1 rings (SSSR count). The van der Waals surface area contributed by atoms with Crippen LogP contribution in [0.1, 0.15) is 22.1 Å². The Morgan fingerprint density at radius 2 is 2.38 bits per heavy atom. The molecule has 4 nitrogen and oxygen atoms in total. The summed E-state index contributed by atoms with van der Waals surface area (Å²) in [6.45, 7) is 7.36. The van der Waals surface area contributed by atoms with Crippen LogP contribution in [0.4, 0.5) is 0 Å². The molecule has 0 aromatic carbocycles. The summed E-state index contributed by atoms with van der Waals surface area (Å²) in [5.41, 5.74) is 0.610. The van der Waals surface area contributed by atoms with Gasteiger partial charge in [-0.3, -0.25) is 4.79 Å². The standard InChI is InChI=1S/C9H12N2O2/c1-4-5-10-9(12)8-6(2)11-7(3)13-8/h4H,1,5H2,2-3H3,(H,10,12). The highest BCUT2D eigenvalue weighted by molar-refractivity contribution is 5.92. The smallest absolute Gasteiger partial charge is 0.289 e. The van der Waals surface area contributed by atoms with Gasteiger partial charge in [0.1, 0.15) is 0 Å². The average molecular weight is 180 g/mol. The van der Waals surface area contributed by atoms with Crippen molar-refractivity contribution in [3.8, 4) is 0 Å². The molecule has 0 aliphatic rings. The van der Waals surface area contributed by atoms with Gasteiger partial charge in [0.2, 0.25) is 5.76 Å². The van der Waals surface area contributed by atoms with E-state index in [1.807, 2.05) is 0 Å². The highest BCUT2D eigenvalue weighted by Gasteiger charge is 2.14. The van der Waals surface area contributed by atoms with Gasteiger partial charge in [0.05, 0.1) is 5.69 Å². The fourth-order valence-electron chi connectivity index (χ4n) is 0.987. The molecule has 0 spiro atoms. The molecule has 1 N–H and O–H groups in total. The summed E-state index contributed by atoms with van der Waals surface area (Å²) >= 11 is 0. The topological polar surface area (TPSA) is 55.1 Å². The minimum Gasteiger partial charge on any atom is -0.436 e. The van der Waals surface area contributed by atoms with Gasteiger partial charge in [0.15, 0.2) is 5.89 Å². The van der Waals surface area contributed by atoms with E-state index in [0.717, 1.165) is 0 Å². The van der Waals surface area contributed by atoms with Crippen LogP contribution in [0, 0.1) is 13.8 Å². The van der Waals surface area contributed by atoms with Gasteiger partial charge in [-0.05, 0) is 6.92 Å². The molecule has 1 amide bonds. The van der Waals surface area contributed by atoms with Gasteiger partial charge >= 0.3 is 0 Å². The van der Waals surface area contributed by atoms with Gasteiger partial charge in [-0.15, -0.1) is 6.58 Å². The van der Waals surface area contributed by atoms with Crippen LogP contribution in [0.2, 0.25) is 0 Å². The third-order valence-electron chi connectivity index (χ3n) is 1.52. The number of carbonyl (C=O) groups excluding carboxylic acids is 1. The monoisotopic (exact) mass is 180 g/mol. The van der Waals surface area contributed by atoms with Crippen LogP contribution in [0.5, 0.6) is 0 Å². The van der Waals surface area contributed by atoms with E-state index < -0.39 is 0 Å². The highest BCUT2D eigenvalue weighted by atomic mass is 16.4. The Labute approximate surface area is 76.7 Å². The van der Waals surface area contributed by atoms with Crippen molar-refractivity contribution < 1.29 is 9.21 Å². The second-order valence-corrected chi connectivity index (χ2v) is 2.65. The fraction of sp³-hybridized carbons (Fsp3) is 0.333. The Kier molecular flexibility index (Phi) is 2.84. The van der Waals surface area contributed by atoms with Crippen LogP contribution in [-0.4, -0.2) is 17.4 Å². The number of rotatable bonds is 3. The molecule has 0 bridgehead atoms. The lowest BCUT2D eigenvalue weighted by Crippen LogP contribution is -2.23. The van der Waals surface area contributed by atoms with Gasteiger partial charge in [-0.25, -0.2) is 4.98 Å². The number of aromatic nitrogens is 1. The molecule has 0 atom stereocenters. The zero-order valence-electron chi connectivity index (χ0n) is 7.76. The van der Waals surface area contributed by atoms with Crippen molar-refractivity contribution in [2.45, 2.75) is 13.8 Å². The van der Waals surface area contributed by atoms with E-state index in [-0.39, 0.29) is 11.7 Å². The van der Waals surface area contributed by atoms with E-state index in [9.17, 15) is 4.79 Å². The zero-order valence-corrected chi connectivity index (χ0v) is 7.76. The molecule has 0 radical (unpaired) electrons. The molecular formula is C9H12N2O2. The molecule has 1 aromatic heterocycles. The number of oxazole rings is 1. The van der Waals surface area contributed by atoms with Crippen LogP contribution in [0.25, 0.3) is 0 Å². The van der Waals surface area contributed by atoms with E-state index in [2.05, 4.69) is 16.9 Å². The lowest BCUT2D eigenvalue weighted by Gasteiger charge is -1.97. The molecule has 70 valence electrons. The van der Waals surface area contributed by atoms with Crippen LogP contribution >= 0.6 is 0 Å². The van der Waals surface area contributed by atoms with E-state index in [1.165, 1.54) is 0 Å². The predicted molar refractivity (Wildman–Crippen MR) is 48.5 cm³/mol. The number of hydrogen-bond acceptors (Lipinski definition) is 3. The van der Waals surface area contributed by atoms with Crippen molar-refractivity contribution in [1.82, 2.24) is 10.3 Å². The Bertz CT molecular complexity index is 328. The highest BCUT2D eigenvalue weighted by Crippen LogP contribution is 2.08. The van der Waals surface area contributed by atoms with E-state index in [1.54, 1.807) is 19.9 Å². The Hall–Kier alpha value is -1.58. The largest absolute Gasteiger partial charge is 0.436 e. The van der Waals surface area contributed by atoms with Crippen molar-refractivity contribution in [3.63, 3.8) is 0 Å². The summed E-state index contributed by atoms with van der Waals surface area (Å²) in [4.78, 5) is 15.3. The van der Waals surface area contributed by atoms with Gasteiger partial charge < -0.3 is 9.73 Å². The second-order valence-electron chi connectivity index (χ2n) is 2.65. The fourth-order valence-corrected chi connectivity index (χ4v) is 0.987. The molecule has 0 unspecified atom stereocenters. The summed E-state index contributed by atoms with van der Waals surface area (Å²) in [6.07, 6.45) is 1.61. The zero-order chi connectivity index (χ0) is 9.84. The summed E-state index contributed by atoms with van der Waals surface area (Å²) < 4.78 is 5.12. The third-order valence-corrected chi connectivity index (χ3v) is 1.52. The summed E-state index contributed by atoms with van der Waals surface area (Å²) in [5, 5.41) is 2.61. The minimum atomic E-state index is -0.252. The number of carbonyl (C=O) groups is 1. The lowest BCUT2D eigenvalue weighted by molar-refractivity contribution is 0.0928. The van der Waals surface area contributed by atoms with Crippen molar-refractivity contribution in [3.05, 3.63) is 30.0 Å². The molecule has 1 aromatic rings. The molecule has 0 saturated heterocycles. The van der Waals surface area contributed by atoms with Crippen LogP contribution in [0.15, 0.2) is 17.1 Å². The van der Waals surface area contributed by atoms with Crippen LogP contribution in [0.3, 0.4) is 0 Å². The van der Waals surface area contributed by atoms with Crippen molar-refractivity contribution in [1.29, 1.82) is 0 Å². The van der Waals surface area contributed by atoms with Crippen LogP contribution in [-0.2, 0) is 0 Å². The van der Waals surface area contributed by atoms with Gasteiger partial charge in [-0.1, -0.05) is 6.08 Å². The normalized spacial score (nSPS) is 9.69. The van der Waals surface area contributed by atoms with Crippen LogP contribution < -0.4 is 5.32 Å². The van der Waals surface area contributed by atoms with Gasteiger partial charge in [-0.2, -0.15) is 0 Å². The summed E-state index contributed by atoms with van der Waals surface area (Å²) in [5.74, 6) is 0.526. The maximum atomic E-state index is 11.3. The lowest BCUT2D eigenvalue weighted by atomic mass is 10.3. The summed E-state index contributed by atoms with van der Waals surface area (Å²) in [7, 11) is 0. The SMILES string of the molecule is C=CCNC(=O)c1oc(C)nc1C. The number of nitrogens with one attached hydrogen (secondary N) is 1. The first-order valence-corrected chi connectivity index (χ1v) is 3.98. The Morgan fingerprint density at radius 3 is 2.85 bits per heavy atom. The average Bonchev–Trinajstić information content (AvgIpc) is 2.41. The molecule has 0 aliphatic carbocycles. The first kappa shape index (κ1) is 9.51. The van der Waals surface area contributed by atoms with Crippen molar-refractivity contribution in [2.24, 2.45) is 0 Å². The second kappa shape index (κ2) is 3.89. The number of hydrogen-bond donors (Lipinski definition) is 1. The number of amides is 1. The number of aryl methyl sites for hydroxylation is 2. The molecule has 13 heavy (non-hydrogen) atoms. The minimum absolute atomic E-state index is 0.252. The molecule has 4 heteroatoms. The maximum absolute atomic E-state index is 11.3.